The summed E-state index contributed by atoms with van der Waals surface area (Å²) in [6.45, 7) is 0. The van der Waals surface area contributed by atoms with E-state index in [2.05, 4.69) is 22.6 Å². The van der Waals surface area contributed by atoms with Crippen LogP contribution in [0.5, 0.6) is 5.75 Å². The molecule has 0 aliphatic heterocycles. The standard InChI is InChI=1S/C8H8N2OS/c1-11-8-6(12)3-2-5-7(8)10-4-9-5/h2-4,12H,1H3,(H,9,10). The fraction of sp³-hybridized carbons (Fsp3) is 0.125. The number of benzene rings is 1. The number of fused-ring (bicyclic) bond motifs is 1. The van der Waals surface area contributed by atoms with Crippen molar-refractivity contribution in [2.24, 2.45) is 0 Å². The summed E-state index contributed by atoms with van der Waals surface area (Å²) in [7, 11) is 1.61. The van der Waals surface area contributed by atoms with Crippen LogP contribution in [0.2, 0.25) is 0 Å². The molecule has 2 rings (SSSR count). The van der Waals surface area contributed by atoms with Crippen LogP contribution in [-0.4, -0.2) is 17.1 Å². The number of nitrogens with zero attached hydrogens (tertiary/aromatic N) is 1. The second-order valence-electron chi connectivity index (χ2n) is 2.42. The maximum atomic E-state index is 5.16. The van der Waals surface area contributed by atoms with Crippen LogP contribution in [0.15, 0.2) is 23.4 Å². The zero-order valence-corrected chi connectivity index (χ0v) is 7.43. The van der Waals surface area contributed by atoms with Crippen LogP contribution >= 0.6 is 12.6 Å². The molecule has 0 fully saturated rings. The van der Waals surface area contributed by atoms with Crippen molar-refractivity contribution in [2.75, 3.05) is 7.11 Å². The summed E-state index contributed by atoms with van der Waals surface area (Å²) in [6, 6.07) is 3.80. The SMILES string of the molecule is COc1c(S)ccc2[nH]cnc12. The van der Waals surface area contributed by atoms with Crippen LogP contribution in [0.3, 0.4) is 0 Å². The molecule has 0 spiro atoms. The molecule has 2 aromatic rings. The van der Waals surface area contributed by atoms with Gasteiger partial charge in [0.15, 0.2) is 5.75 Å². The Labute approximate surface area is 75.2 Å². The average Bonchev–Trinajstić information content (AvgIpc) is 2.52. The van der Waals surface area contributed by atoms with Crippen molar-refractivity contribution in [3.63, 3.8) is 0 Å². The highest BCUT2D eigenvalue weighted by Gasteiger charge is 2.06. The van der Waals surface area contributed by atoms with Crippen LogP contribution in [0, 0.1) is 0 Å². The van der Waals surface area contributed by atoms with E-state index in [1.54, 1.807) is 13.4 Å². The van der Waals surface area contributed by atoms with Gasteiger partial charge in [0, 0.05) is 4.90 Å². The van der Waals surface area contributed by atoms with Gasteiger partial charge in [-0.05, 0) is 12.1 Å². The molecule has 3 nitrogen and oxygen atoms in total. The molecule has 0 saturated heterocycles. The molecule has 12 heavy (non-hydrogen) atoms. The number of imidazole rings is 1. The lowest BCUT2D eigenvalue weighted by molar-refractivity contribution is 0.409. The fourth-order valence-electron chi connectivity index (χ4n) is 1.17. The Hall–Kier alpha value is -1.16. The van der Waals surface area contributed by atoms with Gasteiger partial charge in [0.05, 0.1) is 19.0 Å². The summed E-state index contributed by atoms with van der Waals surface area (Å²) in [5.74, 6) is 0.720. The summed E-state index contributed by atoms with van der Waals surface area (Å²) in [6.07, 6.45) is 1.64. The van der Waals surface area contributed by atoms with Crippen LogP contribution in [0.1, 0.15) is 0 Å². The number of ether oxygens (including phenoxy) is 1. The molecule has 1 heterocycles. The zero-order valence-electron chi connectivity index (χ0n) is 6.53. The molecule has 0 amide bonds. The molecule has 0 radical (unpaired) electrons. The number of aromatic nitrogens is 2. The van der Waals surface area contributed by atoms with E-state index in [-0.39, 0.29) is 0 Å². The normalized spacial score (nSPS) is 10.5. The summed E-state index contributed by atoms with van der Waals surface area (Å²) >= 11 is 4.25. The highest BCUT2D eigenvalue weighted by atomic mass is 32.1. The fourth-order valence-corrected chi connectivity index (χ4v) is 1.44. The van der Waals surface area contributed by atoms with Gasteiger partial charge in [0.1, 0.15) is 5.52 Å². The quantitative estimate of drug-likeness (QED) is 0.657. The molecule has 0 aliphatic carbocycles. The van der Waals surface area contributed by atoms with E-state index in [1.165, 1.54) is 0 Å². The Balaban J connectivity index is 2.83. The van der Waals surface area contributed by atoms with Crippen molar-refractivity contribution < 1.29 is 4.74 Å². The maximum Gasteiger partial charge on any atom is 0.159 e. The molecule has 4 heteroatoms. The minimum Gasteiger partial charge on any atom is -0.493 e. The van der Waals surface area contributed by atoms with Crippen molar-refractivity contribution in [1.82, 2.24) is 9.97 Å². The lowest BCUT2D eigenvalue weighted by atomic mass is 10.3. The smallest absolute Gasteiger partial charge is 0.159 e. The van der Waals surface area contributed by atoms with E-state index < -0.39 is 0 Å². The minimum atomic E-state index is 0.720. The minimum absolute atomic E-state index is 0.720. The summed E-state index contributed by atoms with van der Waals surface area (Å²) in [5, 5.41) is 0. The summed E-state index contributed by atoms with van der Waals surface area (Å²) < 4.78 is 5.16. The third kappa shape index (κ3) is 0.956. The predicted octanol–water partition coefficient (Wildman–Crippen LogP) is 1.86. The Kier molecular flexibility index (Phi) is 1.69. The Morgan fingerprint density at radius 2 is 2.33 bits per heavy atom. The third-order valence-corrected chi connectivity index (χ3v) is 2.08. The van der Waals surface area contributed by atoms with Crippen LogP contribution in [0.25, 0.3) is 11.0 Å². The van der Waals surface area contributed by atoms with Gasteiger partial charge in [0.25, 0.3) is 0 Å². The highest BCUT2D eigenvalue weighted by molar-refractivity contribution is 7.80. The largest absolute Gasteiger partial charge is 0.493 e. The van der Waals surface area contributed by atoms with Crippen LogP contribution in [-0.2, 0) is 0 Å². The van der Waals surface area contributed by atoms with Gasteiger partial charge < -0.3 is 9.72 Å². The predicted molar refractivity (Wildman–Crippen MR) is 49.9 cm³/mol. The van der Waals surface area contributed by atoms with Crippen molar-refractivity contribution in [2.45, 2.75) is 4.90 Å². The second kappa shape index (κ2) is 2.71. The number of aromatic amines is 1. The van der Waals surface area contributed by atoms with Crippen molar-refractivity contribution in [3.8, 4) is 5.75 Å². The van der Waals surface area contributed by atoms with Crippen LogP contribution < -0.4 is 4.74 Å². The molecule has 62 valence electrons. The molecule has 0 aliphatic rings. The Bertz CT molecular complexity index is 410. The monoisotopic (exact) mass is 180 g/mol. The lowest BCUT2D eigenvalue weighted by Gasteiger charge is -2.02. The number of hydrogen-bond acceptors (Lipinski definition) is 3. The number of nitrogens with one attached hydrogen (secondary N) is 1. The van der Waals surface area contributed by atoms with Crippen molar-refractivity contribution in [1.29, 1.82) is 0 Å². The number of hydrogen-bond donors (Lipinski definition) is 2. The van der Waals surface area contributed by atoms with Crippen LogP contribution in [0.4, 0.5) is 0 Å². The maximum absolute atomic E-state index is 5.16. The average molecular weight is 180 g/mol. The number of thiol groups is 1. The molecule has 1 aromatic heterocycles. The number of rotatable bonds is 1. The third-order valence-electron chi connectivity index (χ3n) is 1.73. The molecular formula is C8H8N2OS. The first-order valence-corrected chi connectivity index (χ1v) is 3.96. The zero-order chi connectivity index (χ0) is 8.55. The van der Waals surface area contributed by atoms with E-state index in [1.807, 2.05) is 12.1 Å². The lowest BCUT2D eigenvalue weighted by Crippen LogP contribution is -1.85. The Morgan fingerprint density at radius 1 is 1.50 bits per heavy atom. The van der Waals surface area contributed by atoms with E-state index >= 15 is 0 Å². The van der Waals surface area contributed by atoms with Gasteiger partial charge in [0.2, 0.25) is 0 Å². The number of H-pyrrole nitrogens is 1. The van der Waals surface area contributed by atoms with Gasteiger partial charge in [-0.25, -0.2) is 4.98 Å². The van der Waals surface area contributed by atoms with E-state index in [0.717, 1.165) is 21.7 Å². The van der Waals surface area contributed by atoms with E-state index in [4.69, 9.17) is 4.74 Å². The molecular weight excluding hydrogens is 172 g/mol. The molecule has 1 N–H and O–H groups in total. The van der Waals surface area contributed by atoms with Crippen molar-refractivity contribution in [3.05, 3.63) is 18.5 Å². The summed E-state index contributed by atoms with van der Waals surface area (Å²) in [4.78, 5) is 7.92. The molecule has 0 saturated carbocycles. The van der Waals surface area contributed by atoms with Crippen molar-refractivity contribution >= 4 is 23.7 Å². The van der Waals surface area contributed by atoms with E-state index in [9.17, 15) is 0 Å². The van der Waals surface area contributed by atoms with Gasteiger partial charge in [-0.1, -0.05) is 0 Å². The first-order valence-electron chi connectivity index (χ1n) is 3.52. The second-order valence-corrected chi connectivity index (χ2v) is 2.90. The molecule has 0 bridgehead atoms. The Morgan fingerprint density at radius 3 is 3.08 bits per heavy atom. The first-order chi connectivity index (χ1) is 5.83. The van der Waals surface area contributed by atoms with Gasteiger partial charge in [-0.2, -0.15) is 0 Å². The number of methoxy groups -OCH3 is 1. The molecule has 1 aromatic carbocycles. The first kappa shape index (κ1) is 7.49. The van der Waals surface area contributed by atoms with Gasteiger partial charge in [-0.3, -0.25) is 0 Å². The molecule has 0 atom stereocenters. The van der Waals surface area contributed by atoms with E-state index in [0.29, 0.717) is 0 Å². The summed E-state index contributed by atoms with van der Waals surface area (Å²) in [5.41, 5.74) is 1.79. The van der Waals surface area contributed by atoms with Gasteiger partial charge >= 0.3 is 0 Å². The molecule has 0 unspecified atom stereocenters. The highest BCUT2D eigenvalue weighted by Crippen LogP contribution is 2.29. The topological polar surface area (TPSA) is 37.9 Å². The van der Waals surface area contributed by atoms with Gasteiger partial charge in [-0.15, -0.1) is 12.6 Å².